The zero-order valence-electron chi connectivity index (χ0n) is 6.86. The molecule has 0 bridgehead atoms. The van der Waals surface area contributed by atoms with Crippen molar-refractivity contribution in [1.29, 1.82) is 0 Å². The predicted octanol–water partition coefficient (Wildman–Crippen LogP) is 0.199. The van der Waals surface area contributed by atoms with Crippen LogP contribution in [-0.4, -0.2) is 30.0 Å². The van der Waals surface area contributed by atoms with E-state index in [1.54, 1.807) is 6.26 Å². The summed E-state index contributed by atoms with van der Waals surface area (Å²) in [6.07, 6.45) is 4.42. The van der Waals surface area contributed by atoms with Gasteiger partial charge < -0.3 is 14.9 Å². The molecule has 0 saturated heterocycles. The first-order chi connectivity index (χ1) is 5.93. The van der Waals surface area contributed by atoms with Crippen LogP contribution >= 0.6 is 0 Å². The molecular weight excluding hydrogens is 156 g/mol. The molecule has 0 saturated carbocycles. The summed E-state index contributed by atoms with van der Waals surface area (Å²) in [7, 11) is 0. The molecule has 2 N–H and O–H groups in total. The number of rotatable bonds is 6. The molecule has 0 atom stereocenters. The highest BCUT2D eigenvalue weighted by molar-refractivity contribution is 5.07. The topological polar surface area (TPSA) is 58.3 Å². The molecule has 0 spiro atoms. The Hall–Kier alpha value is -0.870. The minimum absolute atomic E-state index is 0.184. The van der Waals surface area contributed by atoms with Gasteiger partial charge in [0.2, 0.25) is 0 Å². The van der Waals surface area contributed by atoms with Crippen molar-refractivity contribution in [2.45, 2.75) is 6.42 Å². The fraction of sp³-hybridized carbons (Fsp3) is 0.500. The molecule has 0 unspecified atom stereocenters. The van der Waals surface area contributed by atoms with Crippen LogP contribution in [0.5, 0.6) is 0 Å². The van der Waals surface area contributed by atoms with Gasteiger partial charge in [0.15, 0.2) is 0 Å². The van der Waals surface area contributed by atoms with E-state index in [2.05, 4.69) is 15.0 Å². The molecule has 12 heavy (non-hydrogen) atoms. The summed E-state index contributed by atoms with van der Waals surface area (Å²) in [5, 5.41) is 15.2. The maximum Gasteiger partial charge on any atom is 0.124 e. The fourth-order valence-electron chi connectivity index (χ4n) is 0.853. The van der Waals surface area contributed by atoms with E-state index in [0.29, 0.717) is 6.54 Å². The van der Waals surface area contributed by atoms with E-state index in [9.17, 15) is 0 Å². The molecule has 0 fully saturated rings. The van der Waals surface area contributed by atoms with E-state index >= 15 is 0 Å². The summed E-state index contributed by atoms with van der Waals surface area (Å²) in [4.78, 5) is 0. The van der Waals surface area contributed by atoms with Gasteiger partial charge in [-0.15, -0.1) is 0 Å². The highest BCUT2D eigenvalue weighted by Gasteiger charge is 1.95. The maximum atomic E-state index is 8.45. The Kier molecular flexibility index (Phi) is 4.41. The standard InChI is InChI=1S/C8H13N2O2/c11-6-5-9-4-1-2-8-3-7-12-10-8/h2-3,7,9,11H,1,4-6H2. The van der Waals surface area contributed by atoms with E-state index in [4.69, 9.17) is 5.11 Å². The molecule has 1 radical (unpaired) electrons. The predicted molar refractivity (Wildman–Crippen MR) is 44.5 cm³/mol. The number of aliphatic hydroxyl groups excluding tert-OH is 1. The Morgan fingerprint density at radius 3 is 3.17 bits per heavy atom. The molecule has 67 valence electrons. The molecule has 0 aliphatic heterocycles. The van der Waals surface area contributed by atoms with Crippen molar-refractivity contribution in [2.24, 2.45) is 0 Å². The monoisotopic (exact) mass is 169 g/mol. The van der Waals surface area contributed by atoms with Crippen LogP contribution in [0.2, 0.25) is 0 Å². The Morgan fingerprint density at radius 2 is 2.50 bits per heavy atom. The molecule has 1 aromatic rings. The molecule has 1 aromatic heterocycles. The van der Waals surface area contributed by atoms with E-state index in [0.717, 1.165) is 18.7 Å². The third kappa shape index (κ3) is 3.50. The number of aliphatic hydroxyl groups is 1. The lowest BCUT2D eigenvalue weighted by atomic mass is 10.2. The van der Waals surface area contributed by atoms with Crippen molar-refractivity contribution in [3.8, 4) is 0 Å². The number of nitrogens with zero attached hydrogens (tertiary/aromatic N) is 1. The van der Waals surface area contributed by atoms with Crippen LogP contribution in [0.4, 0.5) is 0 Å². The average Bonchev–Trinajstić information content (AvgIpc) is 2.57. The molecule has 4 heteroatoms. The summed E-state index contributed by atoms with van der Waals surface area (Å²) < 4.78 is 4.65. The van der Waals surface area contributed by atoms with Crippen LogP contribution in [-0.2, 0) is 0 Å². The van der Waals surface area contributed by atoms with Crippen LogP contribution in [0, 0.1) is 6.42 Å². The summed E-state index contributed by atoms with van der Waals surface area (Å²) in [6, 6.07) is 1.81. The van der Waals surface area contributed by atoms with Crippen LogP contribution in [0.25, 0.3) is 0 Å². The maximum absolute atomic E-state index is 8.45. The molecular formula is C8H13N2O2. The molecule has 0 aliphatic carbocycles. The van der Waals surface area contributed by atoms with Gasteiger partial charge in [-0.1, -0.05) is 5.16 Å². The Balaban J connectivity index is 1.96. The average molecular weight is 169 g/mol. The van der Waals surface area contributed by atoms with Crippen LogP contribution < -0.4 is 5.32 Å². The highest BCUT2D eigenvalue weighted by atomic mass is 16.5. The van der Waals surface area contributed by atoms with Gasteiger partial charge in [-0.3, -0.25) is 0 Å². The third-order valence-corrected chi connectivity index (χ3v) is 1.42. The minimum Gasteiger partial charge on any atom is -0.395 e. The zero-order chi connectivity index (χ0) is 8.65. The van der Waals surface area contributed by atoms with Crippen molar-refractivity contribution >= 4 is 0 Å². The smallest absolute Gasteiger partial charge is 0.124 e. The highest BCUT2D eigenvalue weighted by Crippen LogP contribution is 2.00. The van der Waals surface area contributed by atoms with Gasteiger partial charge in [0.05, 0.1) is 12.3 Å². The van der Waals surface area contributed by atoms with Crippen molar-refractivity contribution in [1.82, 2.24) is 10.5 Å². The van der Waals surface area contributed by atoms with Gasteiger partial charge >= 0.3 is 0 Å². The van der Waals surface area contributed by atoms with Gasteiger partial charge in [0, 0.05) is 19.0 Å². The quantitative estimate of drug-likeness (QED) is 0.597. The van der Waals surface area contributed by atoms with Gasteiger partial charge in [-0.2, -0.15) is 0 Å². The van der Waals surface area contributed by atoms with Crippen LogP contribution in [0.1, 0.15) is 12.1 Å². The van der Waals surface area contributed by atoms with E-state index in [-0.39, 0.29) is 6.61 Å². The summed E-state index contributed by atoms with van der Waals surface area (Å²) in [5.74, 6) is 0. The Bertz CT molecular complexity index is 187. The molecule has 4 nitrogen and oxygen atoms in total. The fourth-order valence-corrected chi connectivity index (χ4v) is 0.853. The molecule has 1 heterocycles. The van der Waals surface area contributed by atoms with E-state index < -0.39 is 0 Å². The first kappa shape index (κ1) is 9.22. The Labute approximate surface area is 71.6 Å². The lowest BCUT2D eigenvalue weighted by molar-refractivity contribution is 0.292. The van der Waals surface area contributed by atoms with Crippen LogP contribution in [0.15, 0.2) is 16.9 Å². The Morgan fingerprint density at radius 1 is 1.58 bits per heavy atom. The summed E-state index contributed by atoms with van der Waals surface area (Å²) in [6.45, 7) is 1.68. The van der Waals surface area contributed by atoms with Gasteiger partial charge in [0.25, 0.3) is 0 Å². The molecule has 0 amide bonds. The molecule has 1 rings (SSSR count). The normalized spacial score (nSPS) is 10.4. The largest absolute Gasteiger partial charge is 0.395 e. The summed E-state index contributed by atoms with van der Waals surface area (Å²) >= 11 is 0. The zero-order valence-corrected chi connectivity index (χ0v) is 6.86. The van der Waals surface area contributed by atoms with E-state index in [1.165, 1.54) is 0 Å². The van der Waals surface area contributed by atoms with Gasteiger partial charge in [-0.05, 0) is 13.0 Å². The number of hydrogen-bond acceptors (Lipinski definition) is 4. The molecule has 0 aliphatic rings. The second kappa shape index (κ2) is 5.74. The van der Waals surface area contributed by atoms with Crippen molar-refractivity contribution < 1.29 is 9.63 Å². The second-order valence-corrected chi connectivity index (χ2v) is 2.39. The van der Waals surface area contributed by atoms with Gasteiger partial charge in [-0.25, -0.2) is 0 Å². The molecule has 0 aromatic carbocycles. The van der Waals surface area contributed by atoms with E-state index in [1.807, 2.05) is 12.5 Å². The van der Waals surface area contributed by atoms with Crippen molar-refractivity contribution in [3.63, 3.8) is 0 Å². The summed E-state index contributed by atoms with van der Waals surface area (Å²) in [5.41, 5.74) is 0.862. The number of aromatic nitrogens is 1. The number of hydrogen-bond donors (Lipinski definition) is 2. The minimum atomic E-state index is 0.184. The second-order valence-electron chi connectivity index (χ2n) is 2.39. The first-order valence-electron chi connectivity index (χ1n) is 3.98. The van der Waals surface area contributed by atoms with Gasteiger partial charge in [0.1, 0.15) is 6.26 Å². The lowest BCUT2D eigenvalue weighted by Gasteiger charge is -1.99. The SMILES string of the molecule is OCCNCC[CH]c1ccon1. The lowest BCUT2D eigenvalue weighted by Crippen LogP contribution is -2.19. The van der Waals surface area contributed by atoms with Crippen molar-refractivity contribution in [3.05, 3.63) is 24.4 Å². The van der Waals surface area contributed by atoms with Crippen molar-refractivity contribution in [2.75, 3.05) is 19.7 Å². The third-order valence-electron chi connectivity index (χ3n) is 1.42. The van der Waals surface area contributed by atoms with Crippen LogP contribution in [0.3, 0.4) is 0 Å². The number of nitrogens with one attached hydrogen (secondary N) is 1. The first-order valence-corrected chi connectivity index (χ1v) is 3.98.